The van der Waals surface area contributed by atoms with Crippen molar-refractivity contribution in [2.45, 2.75) is 53.0 Å². The summed E-state index contributed by atoms with van der Waals surface area (Å²) in [5, 5.41) is 0.733. The van der Waals surface area contributed by atoms with Crippen LogP contribution in [0.4, 0.5) is 11.5 Å². The van der Waals surface area contributed by atoms with E-state index in [-0.39, 0.29) is 17.4 Å². The Balaban J connectivity index is 2.08. The van der Waals surface area contributed by atoms with Crippen LogP contribution in [-0.2, 0) is 6.54 Å². The molecule has 170 valence electrons. The van der Waals surface area contributed by atoms with Crippen molar-refractivity contribution in [3.05, 3.63) is 61.7 Å². The lowest BCUT2D eigenvalue weighted by atomic mass is 10.2. The molecule has 3 rings (SSSR count). The van der Waals surface area contributed by atoms with Crippen molar-refractivity contribution >= 4 is 28.7 Å². The number of hydrogen-bond acceptors (Lipinski definition) is 6. The fraction of sp³-hybridized carbons (Fsp3) is 0.391. The molecule has 0 atom stereocenters. The number of aromatic nitrogens is 3. The Hall–Kier alpha value is -3.20. The van der Waals surface area contributed by atoms with Gasteiger partial charge in [0.15, 0.2) is 5.69 Å². The molecular weight excluding hydrogens is 426 g/mol. The molecule has 0 aliphatic heterocycles. The number of nitrogens with one attached hydrogen (secondary N) is 1. The Morgan fingerprint density at radius 1 is 1.16 bits per heavy atom. The molecule has 0 bridgehead atoms. The summed E-state index contributed by atoms with van der Waals surface area (Å²) in [5.74, 6) is -0.323. The van der Waals surface area contributed by atoms with Gasteiger partial charge in [0.1, 0.15) is 15.7 Å². The van der Waals surface area contributed by atoms with E-state index in [1.165, 1.54) is 20.8 Å². The van der Waals surface area contributed by atoms with Gasteiger partial charge in [0.05, 0.1) is 5.69 Å². The average molecular weight is 456 g/mol. The monoisotopic (exact) mass is 455 g/mol. The molecule has 0 saturated heterocycles. The summed E-state index contributed by atoms with van der Waals surface area (Å²) >= 11 is 1.29. The summed E-state index contributed by atoms with van der Waals surface area (Å²) in [7, 11) is 0. The third kappa shape index (κ3) is 4.83. The first-order valence-electron chi connectivity index (χ1n) is 10.9. The summed E-state index contributed by atoms with van der Waals surface area (Å²) in [6.45, 7) is 6.47. The molecule has 0 aliphatic carbocycles. The Bertz CT molecular complexity index is 1200. The Kier molecular flexibility index (Phi) is 7.63. The molecule has 3 N–H and O–H groups in total. The van der Waals surface area contributed by atoms with E-state index >= 15 is 0 Å². The molecular formula is C23H29N5O3S. The van der Waals surface area contributed by atoms with Crippen molar-refractivity contribution in [3.63, 3.8) is 0 Å². The van der Waals surface area contributed by atoms with Crippen LogP contribution in [0.1, 0.15) is 54.9 Å². The number of carbonyl (C=O) groups excluding carboxylic acids is 1. The minimum atomic E-state index is -0.657. The number of nitrogens with zero attached hydrogens (tertiary/aromatic N) is 3. The second-order valence-corrected chi connectivity index (χ2v) is 8.61. The van der Waals surface area contributed by atoms with E-state index in [4.69, 9.17) is 5.73 Å². The van der Waals surface area contributed by atoms with E-state index in [0.29, 0.717) is 30.1 Å². The maximum atomic E-state index is 13.6. The van der Waals surface area contributed by atoms with Gasteiger partial charge in [0.25, 0.3) is 11.5 Å². The summed E-state index contributed by atoms with van der Waals surface area (Å²) < 4.78 is 1.33. The lowest BCUT2D eigenvalue weighted by Gasteiger charge is -2.24. The highest BCUT2D eigenvalue weighted by Gasteiger charge is 2.28. The fourth-order valence-electron chi connectivity index (χ4n) is 3.43. The quantitative estimate of drug-likeness (QED) is 0.509. The summed E-state index contributed by atoms with van der Waals surface area (Å²) in [6, 6.07) is 9.63. The maximum Gasteiger partial charge on any atom is 0.330 e. The molecule has 0 radical (unpaired) electrons. The number of unbranched alkanes of at least 4 members (excludes halogenated alkanes) is 2. The molecule has 9 heteroatoms. The van der Waals surface area contributed by atoms with E-state index in [0.717, 1.165) is 29.8 Å². The predicted molar refractivity (Wildman–Crippen MR) is 130 cm³/mol. The molecule has 2 heterocycles. The van der Waals surface area contributed by atoms with E-state index in [1.54, 1.807) is 6.92 Å². The number of nitrogens with two attached hydrogens (primary N) is 1. The topological polar surface area (TPSA) is 114 Å². The lowest BCUT2D eigenvalue weighted by Crippen LogP contribution is -2.41. The number of nitrogen functional groups attached to an aromatic ring is 1. The van der Waals surface area contributed by atoms with E-state index in [9.17, 15) is 14.4 Å². The van der Waals surface area contributed by atoms with Crippen LogP contribution in [0.3, 0.4) is 0 Å². The van der Waals surface area contributed by atoms with Crippen LogP contribution < -0.4 is 21.9 Å². The zero-order chi connectivity index (χ0) is 23.3. The van der Waals surface area contributed by atoms with Gasteiger partial charge < -0.3 is 5.73 Å². The number of amides is 1. The number of anilines is 2. The molecule has 32 heavy (non-hydrogen) atoms. The molecule has 8 nitrogen and oxygen atoms in total. The Labute approximate surface area is 190 Å². The highest BCUT2D eigenvalue weighted by Crippen LogP contribution is 2.30. The number of benzene rings is 1. The molecule has 0 saturated carbocycles. The number of rotatable bonds is 9. The number of hydrogen-bond donors (Lipinski definition) is 2. The van der Waals surface area contributed by atoms with Crippen LogP contribution in [0.2, 0.25) is 0 Å². The summed E-state index contributed by atoms with van der Waals surface area (Å²) in [5.41, 5.74) is 6.60. The second kappa shape index (κ2) is 10.4. The standard InChI is InChI=1S/C23H29N5O3S/c1-4-6-13-27(17-19(24)28(14-7-5-2)23(31)26-20(17)29)22(30)18-15(3)25-21(32-18)16-11-9-8-10-12-16/h8-12H,4-7,13-14,24H2,1-3H3,(H,26,29,31). The fourth-order valence-corrected chi connectivity index (χ4v) is 4.45. The SMILES string of the molecule is CCCCN(C(=O)c1sc(-c2ccccc2)nc1C)c1c(N)n(CCCC)c(=O)[nH]c1=O. The first kappa shape index (κ1) is 23.5. The minimum Gasteiger partial charge on any atom is -0.383 e. The molecule has 1 amide bonds. The van der Waals surface area contributed by atoms with Crippen LogP contribution >= 0.6 is 11.3 Å². The first-order valence-corrected chi connectivity index (χ1v) is 11.7. The zero-order valence-corrected chi connectivity index (χ0v) is 19.5. The molecule has 0 aliphatic rings. The smallest absolute Gasteiger partial charge is 0.330 e. The first-order chi connectivity index (χ1) is 15.4. The van der Waals surface area contributed by atoms with Gasteiger partial charge in [-0.2, -0.15) is 0 Å². The largest absolute Gasteiger partial charge is 0.383 e. The molecule has 0 spiro atoms. The van der Waals surface area contributed by atoms with Gasteiger partial charge in [-0.05, 0) is 19.8 Å². The van der Waals surface area contributed by atoms with E-state index < -0.39 is 11.2 Å². The molecule has 1 aromatic carbocycles. The van der Waals surface area contributed by atoms with Crippen LogP contribution in [0, 0.1) is 6.92 Å². The van der Waals surface area contributed by atoms with Crippen LogP contribution in [0.25, 0.3) is 10.6 Å². The Morgan fingerprint density at radius 3 is 2.50 bits per heavy atom. The van der Waals surface area contributed by atoms with Gasteiger partial charge in [0, 0.05) is 18.7 Å². The number of carbonyl (C=O) groups is 1. The zero-order valence-electron chi connectivity index (χ0n) is 18.7. The van der Waals surface area contributed by atoms with Gasteiger partial charge in [-0.15, -0.1) is 11.3 Å². The van der Waals surface area contributed by atoms with Crippen molar-refractivity contribution < 1.29 is 4.79 Å². The average Bonchev–Trinajstić information content (AvgIpc) is 3.17. The summed E-state index contributed by atoms with van der Waals surface area (Å²) in [6.07, 6.45) is 3.10. The van der Waals surface area contributed by atoms with Crippen molar-refractivity contribution in [2.24, 2.45) is 0 Å². The van der Waals surface area contributed by atoms with Crippen molar-refractivity contribution in [1.82, 2.24) is 14.5 Å². The minimum absolute atomic E-state index is 0.0158. The van der Waals surface area contributed by atoms with Crippen molar-refractivity contribution in [3.8, 4) is 10.6 Å². The van der Waals surface area contributed by atoms with Crippen LogP contribution in [0.15, 0.2) is 39.9 Å². The highest BCUT2D eigenvalue weighted by atomic mass is 32.1. The molecule has 2 aromatic heterocycles. The normalized spacial score (nSPS) is 11.0. The maximum absolute atomic E-state index is 13.6. The number of H-pyrrole nitrogens is 1. The van der Waals surface area contributed by atoms with Crippen molar-refractivity contribution in [1.29, 1.82) is 0 Å². The number of aryl methyl sites for hydroxylation is 1. The second-order valence-electron chi connectivity index (χ2n) is 7.61. The van der Waals surface area contributed by atoms with Gasteiger partial charge in [-0.25, -0.2) is 9.78 Å². The molecule has 3 aromatic rings. The van der Waals surface area contributed by atoms with Crippen LogP contribution in [0.5, 0.6) is 0 Å². The van der Waals surface area contributed by atoms with Crippen molar-refractivity contribution in [2.75, 3.05) is 17.2 Å². The summed E-state index contributed by atoms with van der Waals surface area (Å²) in [4.78, 5) is 47.5. The van der Waals surface area contributed by atoms with Gasteiger partial charge in [-0.1, -0.05) is 57.0 Å². The number of thiazole rings is 1. The third-order valence-electron chi connectivity index (χ3n) is 5.21. The highest BCUT2D eigenvalue weighted by molar-refractivity contribution is 7.17. The van der Waals surface area contributed by atoms with Gasteiger partial charge >= 0.3 is 5.69 Å². The van der Waals surface area contributed by atoms with E-state index in [2.05, 4.69) is 9.97 Å². The molecule has 0 unspecified atom stereocenters. The third-order valence-corrected chi connectivity index (χ3v) is 6.41. The van der Waals surface area contributed by atoms with Gasteiger partial charge in [0.2, 0.25) is 0 Å². The molecule has 0 fully saturated rings. The lowest BCUT2D eigenvalue weighted by molar-refractivity contribution is 0.0989. The van der Waals surface area contributed by atoms with Crippen LogP contribution in [-0.4, -0.2) is 27.0 Å². The van der Waals surface area contributed by atoms with Gasteiger partial charge in [-0.3, -0.25) is 24.0 Å². The van der Waals surface area contributed by atoms with E-state index in [1.807, 2.05) is 44.2 Å². The Morgan fingerprint density at radius 2 is 1.84 bits per heavy atom. The predicted octanol–water partition coefficient (Wildman–Crippen LogP) is 3.80. The number of aromatic amines is 1.